The summed E-state index contributed by atoms with van der Waals surface area (Å²) in [6, 6.07) is 7.78. The zero-order chi connectivity index (χ0) is 23.2. The second-order valence-corrected chi connectivity index (χ2v) is 12.1. The molecule has 0 fully saturated rings. The molecule has 17 heteroatoms. The van der Waals surface area contributed by atoms with E-state index in [1.165, 1.54) is 18.2 Å². The summed E-state index contributed by atoms with van der Waals surface area (Å²) in [5.41, 5.74) is 1.07. The minimum absolute atomic E-state index is 0. The van der Waals surface area contributed by atoms with Gasteiger partial charge in [0.2, 0.25) is 0 Å². The molecule has 1 aliphatic carbocycles. The van der Waals surface area contributed by atoms with E-state index in [9.17, 15) is 42.7 Å². The van der Waals surface area contributed by atoms with Crippen molar-refractivity contribution >= 4 is 62.0 Å². The van der Waals surface area contributed by atoms with Crippen LogP contribution in [-0.4, -0.2) is 59.8 Å². The number of ketones is 1. The van der Waals surface area contributed by atoms with Gasteiger partial charge in [0.1, 0.15) is 0 Å². The first-order valence-corrected chi connectivity index (χ1v) is 14.2. The number of benzene rings is 2. The van der Waals surface area contributed by atoms with Gasteiger partial charge >= 0.3 is 238 Å². The molecule has 0 spiro atoms. The number of allylic oxidation sites excluding steroid dienone is 1. The van der Waals surface area contributed by atoms with Gasteiger partial charge in [-0.25, -0.2) is 0 Å². The van der Waals surface area contributed by atoms with Crippen molar-refractivity contribution in [3.05, 3.63) is 58.5 Å². The number of Topliss-reactive ketones (excluding diaryl/α,β-unsaturated/α-hetero) is 1. The third-order valence-corrected chi connectivity index (χ3v) is 7.88. The maximum absolute atomic E-state index is 12.6. The molecule has 2 aromatic rings. The van der Waals surface area contributed by atoms with Crippen LogP contribution in [0.25, 0.3) is 6.08 Å². The van der Waals surface area contributed by atoms with Gasteiger partial charge < -0.3 is 0 Å². The molecule has 12 nitrogen and oxygen atoms in total. The van der Waals surface area contributed by atoms with Gasteiger partial charge in [-0.05, 0) is 0 Å². The van der Waals surface area contributed by atoms with Gasteiger partial charge in [0.05, 0.1) is 0 Å². The minimum atomic E-state index is -5.41. The van der Waals surface area contributed by atoms with E-state index in [0.29, 0.717) is 6.08 Å². The fourth-order valence-corrected chi connectivity index (χ4v) is 5.32. The summed E-state index contributed by atoms with van der Waals surface area (Å²) in [5, 5.41) is 3.72. The fraction of sp³-hybridized carbons (Fsp3) is 0. The Kier molecular flexibility index (Phi) is 10.1. The number of para-hydroxylation sites is 1. The molecule has 0 aromatic heterocycles. The molecule has 3 N–H and O–H groups in total. The van der Waals surface area contributed by atoms with Crippen LogP contribution in [-0.2, 0) is 28.8 Å². The molecule has 0 heterocycles. The van der Waals surface area contributed by atoms with Crippen LogP contribution in [0, 0.1) is 0 Å². The molecule has 0 bridgehead atoms. The molecule has 0 aliphatic heterocycles. The Labute approximate surface area is 235 Å². The Bertz CT molecular complexity index is 1430. The van der Waals surface area contributed by atoms with Crippen LogP contribution in [0.5, 0.6) is 0 Å². The van der Waals surface area contributed by atoms with Crippen molar-refractivity contribution in [2.45, 2.75) is 4.90 Å². The standard InChI is InChI=1S/C16H13AsN2O10S2.2Na/c20-16-14(31(27,28)29)8-9-7-10(30(24,25)26)5-6-11(9)15(16)19-18-13-4-2-1-3-12(13)17(21,22)23;;/h1-8,18H,(H2,21,22,23)(H,24,25,26)(H,27,28,29);;/q;2*+1/p-2/b19-15+;;. The Morgan fingerprint density at radius 1 is 0.939 bits per heavy atom. The smallest absolute Gasteiger partial charge is 1.00 e. The van der Waals surface area contributed by atoms with E-state index >= 15 is 0 Å². The average Bonchev–Trinajstić information content (AvgIpc) is 2.64. The van der Waals surface area contributed by atoms with Crippen LogP contribution in [0.4, 0.5) is 5.69 Å². The Morgan fingerprint density at radius 2 is 1.55 bits per heavy atom. The Hall–Kier alpha value is -0.582. The monoisotopic (exact) mass is 576 g/mol. The van der Waals surface area contributed by atoms with Crippen molar-refractivity contribution in [1.82, 2.24) is 0 Å². The second-order valence-electron chi connectivity index (χ2n) is 6.13. The van der Waals surface area contributed by atoms with Gasteiger partial charge in [0.25, 0.3) is 0 Å². The van der Waals surface area contributed by atoms with Gasteiger partial charge in [-0.2, -0.15) is 0 Å². The fourth-order valence-electron chi connectivity index (χ4n) is 2.71. The number of anilines is 1. The molecule has 0 unspecified atom stereocenters. The van der Waals surface area contributed by atoms with E-state index in [0.717, 1.165) is 24.3 Å². The van der Waals surface area contributed by atoms with Gasteiger partial charge in [0, 0.05) is 0 Å². The Morgan fingerprint density at radius 3 is 2.09 bits per heavy atom. The molecule has 3 rings (SSSR count). The summed E-state index contributed by atoms with van der Waals surface area (Å²) in [5.74, 6) is -1.33. The van der Waals surface area contributed by atoms with Gasteiger partial charge in [-0.1, -0.05) is 0 Å². The van der Waals surface area contributed by atoms with Crippen molar-refractivity contribution in [2.75, 3.05) is 5.43 Å². The molecule has 0 radical (unpaired) electrons. The van der Waals surface area contributed by atoms with Crippen molar-refractivity contribution in [3.8, 4) is 0 Å². The molecule has 33 heavy (non-hydrogen) atoms. The molecule has 2 aromatic carbocycles. The van der Waals surface area contributed by atoms with Crippen LogP contribution in [0.2, 0.25) is 0 Å². The quantitative estimate of drug-likeness (QED) is 0.173. The molecular weight excluding hydrogens is 565 g/mol. The number of carbonyl (C=O) groups excluding carboxylic acids is 1. The third kappa shape index (κ3) is 6.98. The molecule has 0 atom stereocenters. The van der Waals surface area contributed by atoms with Crippen molar-refractivity contribution in [1.29, 1.82) is 0 Å². The van der Waals surface area contributed by atoms with Crippen LogP contribution in [0.1, 0.15) is 11.1 Å². The normalized spacial score (nSPS) is 15.1. The first-order chi connectivity index (χ1) is 14.2. The summed E-state index contributed by atoms with van der Waals surface area (Å²) in [6.07, 6.45) is 0.625. The van der Waals surface area contributed by atoms with E-state index in [1.807, 2.05) is 0 Å². The van der Waals surface area contributed by atoms with Gasteiger partial charge in [-0.15, -0.1) is 0 Å². The number of fused-ring (bicyclic) bond motifs is 1. The van der Waals surface area contributed by atoms with Crippen LogP contribution in [0.3, 0.4) is 0 Å². The summed E-state index contributed by atoms with van der Waals surface area (Å²) in [7, 11) is -10.2. The van der Waals surface area contributed by atoms with Crippen molar-refractivity contribution in [3.63, 3.8) is 0 Å². The van der Waals surface area contributed by atoms with E-state index in [2.05, 4.69) is 10.5 Å². The molecule has 1 aliphatic rings. The molecule has 164 valence electrons. The molecule has 0 saturated heterocycles. The first kappa shape index (κ1) is 30.4. The number of hydrogen-bond donors (Lipinski definition) is 3. The number of carbonyl (C=O) groups is 1. The zero-order valence-electron chi connectivity index (χ0n) is 17.0. The minimum Gasteiger partial charge on any atom is 1.00 e. The predicted molar refractivity (Wildman–Crippen MR) is 104 cm³/mol. The zero-order valence-corrected chi connectivity index (χ0v) is 24.5. The topological polar surface area (TPSA) is 213 Å². The van der Waals surface area contributed by atoms with Crippen molar-refractivity contribution in [2.24, 2.45) is 5.10 Å². The number of hydrogen-bond acceptors (Lipinski definition) is 10. The molecular formula is C16H11AsN2Na2O10S2. The average molecular weight is 576 g/mol. The van der Waals surface area contributed by atoms with Crippen LogP contribution in [0.15, 0.2) is 57.4 Å². The van der Waals surface area contributed by atoms with Crippen LogP contribution >= 0.6 is 0 Å². The Balaban J connectivity index is 0.00000272. The van der Waals surface area contributed by atoms with Gasteiger partial charge in [-0.3, -0.25) is 0 Å². The van der Waals surface area contributed by atoms with E-state index in [1.54, 1.807) is 0 Å². The first-order valence-electron chi connectivity index (χ1n) is 8.01. The summed E-state index contributed by atoms with van der Waals surface area (Å²) in [4.78, 5) is 10.6. The van der Waals surface area contributed by atoms with Crippen molar-refractivity contribution < 1.29 is 102 Å². The number of rotatable bonds is 5. The number of nitrogens with zero attached hydrogens (tertiary/aromatic N) is 1. The predicted octanol–water partition coefficient (Wildman–Crippen LogP) is -7.56. The summed E-state index contributed by atoms with van der Waals surface area (Å²) >= 11 is -5.41. The summed E-state index contributed by atoms with van der Waals surface area (Å²) in [6.45, 7) is 0. The maximum atomic E-state index is 12.6. The second kappa shape index (κ2) is 11.0. The van der Waals surface area contributed by atoms with E-state index in [-0.39, 0.29) is 75.9 Å². The third-order valence-electron chi connectivity index (χ3n) is 4.07. The van der Waals surface area contributed by atoms with Crippen LogP contribution < -0.4 is 68.9 Å². The number of hydrazone groups is 1. The maximum Gasteiger partial charge on any atom is 1.00 e. The SMILES string of the molecule is O=C1C(S(=O)(=O)[O-])=Cc2cc(S(=O)(=O)[O-])ccc2/C1=N\Nc1ccccc1[As](=O)(O)O.[Na+].[Na+]. The molecule has 0 amide bonds. The van der Waals surface area contributed by atoms with Gasteiger partial charge in [0.15, 0.2) is 0 Å². The number of nitrogens with one attached hydrogen (secondary N) is 1. The van der Waals surface area contributed by atoms with E-state index in [4.69, 9.17) is 0 Å². The summed E-state index contributed by atoms with van der Waals surface area (Å²) < 4.78 is 98.4. The largest absolute Gasteiger partial charge is 1.00 e. The van der Waals surface area contributed by atoms with E-state index < -0.39 is 60.1 Å². The molecule has 0 saturated carbocycles.